The molecule has 9 heteroatoms. The van der Waals surface area contributed by atoms with E-state index in [0.29, 0.717) is 35.4 Å². The molecule has 0 unspecified atom stereocenters. The zero-order chi connectivity index (χ0) is 27.6. The third-order valence-electron chi connectivity index (χ3n) is 8.03. The van der Waals surface area contributed by atoms with Gasteiger partial charge in [0.15, 0.2) is 23.1 Å². The van der Waals surface area contributed by atoms with Crippen molar-refractivity contribution < 1.29 is 29.0 Å². The lowest BCUT2D eigenvalue weighted by atomic mass is 9.59. The molecule has 1 heterocycles. The van der Waals surface area contributed by atoms with Crippen LogP contribution in [0.2, 0.25) is 0 Å². The molecule has 2 amide bonds. The van der Waals surface area contributed by atoms with Crippen LogP contribution in [0.4, 0.5) is 5.69 Å². The van der Waals surface area contributed by atoms with E-state index in [1.807, 2.05) is 18.2 Å². The number of phenols is 1. The number of phenolic OH excluding ortho intramolecular Hbond substituents is 1. The number of imide groups is 1. The minimum atomic E-state index is -0.649. The molecule has 0 bridgehead atoms. The van der Waals surface area contributed by atoms with Gasteiger partial charge in [0.25, 0.3) is 0 Å². The maximum Gasteiger partial charge on any atom is 0.238 e. The van der Waals surface area contributed by atoms with Crippen molar-refractivity contribution in [3.63, 3.8) is 0 Å². The highest BCUT2D eigenvalue weighted by atomic mass is 127. The number of fused-ring (bicyclic) bond motifs is 3. The smallest absolute Gasteiger partial charge is 0.238 e. The van der Waals surface area contributed by atoms with Crippen LogP contribution in [-0.4, -0.2) is 35.1 Å². The van der Waals surface area contributed by atoms with E-state index in [2.05, 4.69) is 38.5 Å². The number of amides is 2. The van der Waals surface area contributed by atoms with Crippen molar-refractivity contribution in [1.29, 1.82) is 0 Å². The van der Waals surface area contributed by atoms with Gasteiger partial charge in [-0.25, -0.2) is 0 Å². The summed E-state index contributed by atoms with van der Waals surface area (Å²) in [4.78, 5) is 55.5. The highest BCUT2D eigenvalue weighted by molar-refractivity contribution is 14.1. The van der Waals surface area contributed by atoms with Crippen molar-refractivity contribution in [2.24, 2.45) is 17.8 Å². The third kappa shape index (κ3) is 4.12. The molecule has 2 aromatic rings. The molecule has 39 heavy (non-hydrogen) atoms. The van der Waals surface area contributed by atoms with Crippen molar-refractivity contribution in [2.45, 2.75) is 25.7 Å². The number of anilines is 1. The zero-order valence-corrected chi connectivity index (χ0v) is 24.6. The first-order valence-electron chi connectivity index (χ1n) is 12.7. The van der Waals surface area contributed by atoms with Gasteiger partial charge in [-0.1, -0.05) is 17.7 Å². The number of nitrogens with zero attached hydrogens (tertiary/aromatic N) is 1. The number of Topliss-reactive ketones (excluding diaryl/α,β-unsaturated/α-hetero) is 1. The summed E-state index contributed by atoms with van der Waals surface area (Å²) in [6.07, 6.45) is 3.83. The Morgan fingerprint density at radius 3 is 2.51 bits per heavy atom. The summed E-state index contributed by atoms with van der Waals surface area (Å²) in [6, 6.07) is 12.2. The molecule has 0 saturated carbocycles. The number of ether oxygens (including phenoxy) is 1. The summed E-state index contributed by atoms with van der Waals surface area (Å²) in [5, 5.41) is 10.3. The van der Waals surface area contributed by atoms with Crippen LogP contribution < -0.4 is 9.64 Å². The van der Waals surface area contributed by atoms with Gasteiger partial charge >= 0.3 is 0 Å². The van der Waals surface area contributed by atoms with Crippen molar-refractivity contribution >= 4 is 67.6 Å². The van der Waals surface area contributed by atoms with E-state index in [-0.39, 0.29) is 45.8 Å². The van der Waals surface area contributed by atoms with E-state index >= 15 is 0 Å². The Balaban J connectivity index is 1.48. The first-order valence-corrected chi connectivity index (χ1v) is 14.6. The van der Waals surface area contributed by atoms with Crippen LogP contribution in [0, 0.1) is 21.3 Å². The number of carbonyl (C=O) groups is 4. The minimum Gasteiger partial charge on any atom is -0.504 e. The Bertz CT molecular complexity index is 1560. The van der Waals surface area contributed by atoms with Crippen LogP contribution in [0.15, 0.2) is 75.8 Å². The van der Waals surface area contributed by atoms with Crippen LogP contribution in [0.3, 0.4) is 0 Å². The second-order valence-electron chi connectivity index (χ2n) is 10.0. The van der Waals surface area contributed by atoms with E-state index in [4.69, 9.17) is 4.74 Å². The Kier molecular flexibility index (Phi) is 6.61. The molecule has 4 aliphatic rings. The summed E-state index contributed by atoms with van der Waals surface area (Å²) in [5.41, 5.74) is 2.80. The Labute approximate surface area is 246 Å². The molecule has 6 rings (SSSR count). The third-order valence-corrected chi connectivity index (χ3v) is 9.34. The van der Waals surface area contributed by atoms with Gasteiger partial charge in [0.05, 0.1) is 28.6 Å². The first-order chi connectivity index (χ1) is 18.7. The maximum atomic E-state index is 13.9. The number of hydrogen-bond acceptors (Lipinski definition) is 6. The summed E-state index contributed by atoms with van der Waals surface area (Å²) < 4.78 is 6.79. The fraction of sp³-hybridized carbons (Fsp3) is 0.267. The number of ketones is 2. The quantitative estimate of drug-likeness (QED) is 0.200. The van der Waals surface area contributed by atoms with Crippen molar-refractivity contribution in [2.75, 3.05) is 11.5 Å². The number of rotatable bonds is 4. The number of halogens is 2. The van der Waals surface area contributed by atoms with Gasteiger partial charge in [0.1, 0.15) is 0 Å². The lowest BCUT2D eigenvalue weighted by molar-refractivity contribution is -0.123. The molecule has 0 spiro atoms. The molecule has 7 nitrogen and oxygen atoms in total. The first kappa shape index (κ1) is 26.2. The molecule has 1 fully saturated rings. The molecule has 3 aliphatic carbocycles. The topological polar surface area (TPSA) is 101 Å². The number of aromatic hydroxyl groups is 1. The predicted octanol–water partition coefficient (Wildman–Crippen LogP) is 5.36. The monoisotopic (exact) mass is 699 g/mol. The normalized spacial score (nSPS) is 26.2. The largest absolute Gasteiger partial charge is 0.504 e. The summed E-state index contributed by atoms with van der Waals surface area (Å²) in [5.74, 6) is -3.07. The second-order valence-corrected chi connectivity index (χ2v) is 12.1. The molecule has 0 aromatic heterocycles. The average Bonchev–Trinajstić information content (AvgIpc) is 3.18. The highest BCUT2D eigenvalue weighted by Gasteiger charge is 2.56. The maximum absolute atomic E-state index is 13.9. The van der Waals surface area contributed by atoms with E-state index < -0.39 is 23.7 Å². The molecular weight excluding hydrogens is 677 g/mol. The molecule has 1 aliphatic heterocycles. The SMILES string of the molecule is CCOc1cc([C@H]2C3=CC[C@@H]4C(=O)N(c5ccc(I)cc5)C(=O)[C@@H]4[C@@H]3CC3=C2C(=O)C=C(Br)C3=O)ccc1O. The zero-order valence-electron chi connectivity index (χ0n) is 20.8. The number of benzene rings is 2. The predicted molar refractivity (Wildman–Crippen MR) is 156 cm³/mol. The van der Waals surface area contributed by atoms with Gasteiger partial charge in [0.2, 0.25) is 11.8 Å². The van der Waals surface area contributed by atoms with Crippen molar-refractivity contribution in [3.8, 4) is 11.5 Å². The summed E-state index contributed by atoms with van der Waals surface area (Å²) in [6.45, 7) is 2.14. The van der Waals surface area contributed by atoms with Crippen LogP contribution in [0.25, 0.3) is 0 Å². The number of hydrogen-bond donors (Lipinski definition) is 1. The van der Waals surface area contributed by atoms with E-state index in [1.165, 1.54) is 17.0 Å². The van der Waals surface area contributed by atoms with Gasteiger partial charge in [-0.3, -0.25) is 24.1 Å². The van der Waals surface area contributed by atoms with E-state index in [0.717, 1.165) is 9.14 Å². The minimum absolute atomic E-state index is 0.0294. The Morgan fingerprint density at radius 2 is 1.79 bits per heavy atom. The molecule has 4 atom stereocenters. The molecular formula is C30H23BrINO6. The fourth-order valence-corrected chi connectivity index (χ4v) is 7.22. The van der Waals surface area contributed by atoms with Crippen LogP contribution >= 0.6 is 38.5 Å². The molecule has 1 saturated heterocycles. The fourth-order valence-electron chi connectivity index (χ4n) is 6.41. The highest BCUT2D eigenvalue weighted by Crippen LogP contribution is 2.56. The summed E-state index contributed by atoms with van der Waals surface area (Å²) in [7, 11) is 0. The second kappa shape index (κ2) is 9.85. The molecule has 198 valence electrons. The molecule has 1 N–H and O–H groups in total. The summed E-state index contributed by atoms with van der Waals surface area (Å²) >= 11 is 5.42. The molecule has 0 radical (unpaired) electrons. The number of allylic oxidation sites excluding steroid dienone is 6. The van der Waals surface area contributed by atoms with Crippen LogP contribution in [0.5, 0.6) is 11.5 Å². The van der Waals surface area contributed by atoms with E-state index in [1.54, 1.807) is 31.2 Å². The van der Waals surface area contributed by atoms with Gasteiger partial charge in [0, 0.05) is 26.7 Å². The van der Waals surface area contributed by atoms with Gasteiger partial charge < -0.3 is 9.84 Å². The standard InChI is InChI=1S/C30H23BrINO6/c1-2-39-24-11-14(3-10-22(24)34)25-17-8-9-18-26(19(17)12-20-27(25)23(35)13-21(31)28(20)36)30(38)33(29(18)37)16-6-4-15(32)5-7-16/h3-8,10-11,13,18-19,25-26,34H,2,9,12H2,1H3/t18-,19+,25-,26-/m0/s1. The number of carbonyl (C=O) groups excluding carboxylic acids is 4. The van der Waals surface area contributed by atoms with Gasteiger partial charge in [-0.2, -0.15) is 0 Å². The Hall–Kier alpha value is -3.05. The van der Waals surface area contributed by atoms with Gasteiger partial charge in [-0.05, 0) is 106 Å². The van der Waals surface area contributed by atoms with Crippen molar-refractivity contribution in [1.82, 2.24) is 0 Å². The average molecular weight is 700 g/mol. The lowest BCUT2D eigenvalue weighted by Gasteiger charge is -2.42. The van der Waals surface area contributed by atoms with Crippen LogP contribution in [0.1, 0.15) is 31.2 Å². The van der Waals surface area contributed by atoms with E-state index in [9.17, 15) is 24.3 Å². The van der Waals surface area contributed by atoms with Crippen LogP contribution in [-0.2, 0) is 19.2 Å². The lowest BCUT2D eigenvalue weighted by Crippen LogP contribution is -2.39. The van der Waals surface area contributed by atoms with Crippen molar-refractivity contribution in [3.05, 3.63) is 85.0 Å². The Morgan fingerprint density at radius 1 is 1.05 bits per heavy atom. The molecule has 2 aromatic carbocycles. The van der Waals surface area contributed by atoms with Gasteiger partial charge in [-0.15, -0.1) is 0 Å².